The van der Waals surface area contributed by atoms with Gasteiger partial charge in [0.25, 0.3) is 5.91 Å². The predicted molar refractivity (Wildman–Crippen MR) is 127 cm³/mol. The van der Waals surface area contributed by atoms with Gasteiger partial charge in [-0.3, -0.25) is 9.69 Å². The van der Waals surface area contributed by atoms with Crippen molar-refractivity contribution >= 4 is 17.3 Å². The van der Waals surface area contributed by atoms with Gasteiger partial charge in [-0.25, -0.2) is 4.39 Å². The summed E-state index contributed by atoms with van der Waals surface area (Å²) in [5, 5.41) is 3.23. The maximum absolute atomic E-state index is 13.3. The van der Waals surface area contributed by atoms with Gasteiger partial charge < -0.3 is 19.7 Å². The highest BCUT2D eigenvalue weighted by Gasteiger charge is 2.24. The van der Waals surface area contributed by atoms with Crippen LogP contribution in [0.5, 0.6) is 11.5 Å². The lowest BCUT2D eigenvalue weighted by molar-refractivity contribution is 0.0629. The molecule has 0 aliphatic carbocycles. The van der Waals surface area contributed by atoms with Crippen molar-refractivity contribution in [2.75, 3.05) is 45.7 Å². The van der Waals surface area contributed by atoms with Crippen molar-refractivity contribution in [2.24, 2.45) is 0 Å². The predicted octanol–water partition coefficient (Wildman–Crippen LogP) is 4.54. The lowest BCUT2D eigenvalue weighted by Crippen LogP contribution is -2.48. The molecule has 0 radical (unpaired) electrons. The molecule has 1 amide bonds. The summed E-state index contributed by atoms with van der Waals surface area (Å²) in [7, 11) is 3.26. The summed E-state index contributed by atoms with van der Waals surface area (Å²) >= 11 is 0. The van der Waals surface area contributed by atoms with Gasteiger partial charge in [0, 0.05) is 38.4 Å². The number of nitrogens with zero attached hydrogens (tertiary/aromatic N) is 2. The van der Waals surface area contributed by atoms with E-state index < -0.39 is 0 Å². The van der Waals surface area contributed by atoms with Crippen LogP contribution in [0.3, 0.4) is 0 Å². The van der Waals surface area contributed by atoms with Gasteiger partial charge in [0.2, 0.25) is 0 Å². The summed E-state index contributed by atoms with van der Waals surface area (Å²) < 4.78 is 23.9. The first-order valence-corrected chi connectivity index (χ1v) is 10.9. The summed E-state index contributed by atoms with van der Waals surface area (Å²) in [4.78, 5) is 17.5. The maximum atomic E-state index is 13.3. The Kier molecular flexibility index (Phi) is 7.10. The van der Waals surface area contributed by atoms with E-state index in [9.17, 15) is 9.18 Å². The average Bonchev–Trinajstić information content (AvgIpc) is 2.86. The summed E-state index contributed by atoms with van der Waals surface area (Å²) in [5.41, 5.74) is 3.19. The summed E-state index contributed by atoms with van der Waals surface area (Å²) in [6, 6.07) is 19.5. The zero-order valence-electron chi connectivity index (χ0n) is 18.9. The highest BCUT2D eigenvalue weighted by Crippen LogP contribution is 2.28. The Morgan fingerprint density at radius 2 is 1.61 bits per heavy atom. The second kappa shape index (κ2) is 10.4. The van der Waals surface area contributed by atoms with Crippen molar-refractivity contribution in [1.82, 2.24) is 9.80 Å². The van der Waals surface area contributed by atoms with Crippen LogP contribution in [0.25, 0.3) is 0 Å². The van der Waals surface area contributed by atoms with Gasteiger partial charge in [-0.1, -0.05) is 18.2 Å². The maximum Gasteiger partial charge on any atom is 0.256 e. The fourth-order valence-corrected chi connectivity index (χ4v) is 3.98. The van der Waals surface area contributed by atoms with E-state index in [1.165, 1.54) is 12.1 Å². The number of hydrogen-bond acceptors (Lipinski definition) is 5. The topological polar surface area (TPSA) is 54.0 Å². The molecule has 0 unspecified atom stereocenters. The zero-order valence-corrected chi connectivity index (χ0v) is 18.9. The molecule has 6 nitrogen and oxygen atoms in total. The normalized spacial score (nSPS) is 14.1. The highest BCUT2D eigenvalue weighted by atomic mass is 19.1. The Labute approximate surface area is 193 Å². The minimum absolute atomic E-state index is 0.00835. The van der Waals surface area contributed by atoms with Crippen LogP contribution in [0, 0.1) is 5.82 Å². The fourth-order valence-electron chi connectivity index (χ4n) is 3.98. The summed E-state index contributed by atoms with van der Waals surface area (Å²) in [6.07, 6.45) is 0. The van der Waals surface area contributed by atoms with E-state index in [4.69, 9.17) is 9.47 Å². The minimum Gasteiger partial charge on any atom is -0.493 e. The number of anilines is 2. The number of nitrogens with one attached hydrogen (secondary N) is 1. The van der Waals surface area contributed by atoms with Crippen LogP contribution >= 0.6 is 0 Å². The zero-order chi connectivity index (χ0) is 23.2. The number of methoxy groups -OCH3 is 2. The second-order valence-electron chi connectivity index (χ2n) is 7.94. The van der Waals surface area contributed by atoms with Crippen LogP contribution in [0.1, 0.15) is 15.9 Å². The first-order chi connectivity index (χ1) is 16.1. The van der Waals surface area contributed by atoms with Crippen LogP contribution in [0.2, 0.25) is 0 Å². The molecular formula is C26H28FN3O3. The molecule has 7 heteroatoms. The van der Waals surface area contributed by atoms with E-state index in [-0.39, 0.29) is 11.7 Å². The standard InChI is InChI=1S/C26H28FN3O3/c1-32-24-12-7-19(17-25(24)33-2)18-29-13-15-30(16-14-29)26(31)22-5-3-4-6-23(22)28-21-10-8-20(27)9-11-21/h3-12,17,28H,13-16,18H2,1-2H3. The Balaban J connectivity index is 1.38. The molecule has 1 saturated heterocycles. The third-order valence-corrected chi connectivity index (χ3v) is 5.79. The second-order valence-corrected chi connectivity index (χ2v) is 7.94. The molecule has 1 N–H and O–H groups in total. The van der Waals surface area contributed by atoms with Gasteiger partial charge in [0.1, 0.15) is 5.82 Å². The van der Waals surface area contributed by atoms with Crippen LogP contribution in [0.4, 0.5) is 15.8 Å². The molecule has 0 aromatic heterocycles. The third-order valence-electron chi connectivity index (χ3n) is 5.79. The number of ether oxygens (including phenoxy) is 2. The first kappa shape index (κ1) is 22.6. The van der Waals surface area contributed by atoms with Crippen molar-refractivity contribution < 1.29 is 18.7 Å². The molecule has 1 fully saturated rings. The number of halogens is 1. The van der Waals surface area contributed by atoms with Crippen LogP contribution in [-0.4, -0.2) is 56.1 Å². The molecule has 1 aliphatic heterocycles. The van der Waals surface area contributed by atoms with Crippen LogP contribution in [0.15, 0.2) is 66.7 Å². The van der Waals surface area contributed by atoms with Gasteiger partial charge in [-0.15, -0.1) is 0 Å². The number of rotatable bonds is 7. The molecule has 0 atom stereocenters. The molecule has 1 aliphatic rings. The smallest absolute Gasteiger partial charge is 0.256 e. The SMILES string of the molecule is COc1ccc(CN2CCN(C(=O)c3ccccc3Nc3ccc(F)cc3)CC2)cc1OC. The monoisotopic (exact) mass is 449 g/mol. The van der Waals surface area contributed by atoms with Gasteiger partial charge in [0.15, 0.2) is 11.5 Å². The quantitative estimate of drug-likeness (QED) is 0.574. The molecule has 4 rings (SSSR count). The number of carbonyl (C=O) groups excluding carboxylic acids is 1. The van der Waals surface area contributed by atoms with Gasteiger partial charge in [-0.2, -0.15) is 0 Å². The van der Waals surface area contributed by atoms with Crippen molar-refractivity contribution in [2.45, 2.75) is 6.54 Å². The Bertz CT molecular complexity index is 1100. The van der Waals surface area contributed by atoms with Crippen molar-refractivity contribution in [3.05, 3.63) is 83.7 Å². The molecular weight excluding hydrogens is 421 g/mol. The molecule has 33 heavy (non-hydrogen) atoms. The van der Waals surface area contributed by atoms with Crippen LogP contribution < -0.4 is 14.8 Å². The van der Waals surface area contributed by atoms with E-state index in [1.807, 2.05) is 47.4 Å². The number of hydrogen-bond donors (Lipinski definition) is 1. The molecule has 0 bridgehead atoms. The molecule has 3 aromatic rings. The van der Waals surface area contributed by atoms with Crippen LogP contribution in [-0.2, 0) is 6.54 Å². The first-order valence-electron chi connectivity index (χ1n) is 10.9. The Hall–Kier alpha value is -3.58. The van der Waals surface area contributed by atoms with E-state index in [0.29, 0.717) is 35.8 Å². The third kappa shape index (κ3) is 5.43. The average molecular weight is 450 g/mol. The van der Waals surface area contributed by atoms with Gasteiger partial charge in [-0.05, 0) is 54.1 Å². The summed E-state index contributed by atoms with van der Waals surface area (Å²) in [6.45, 7) is 3.65. The molecule has 0 saturated carbocycles. The molecule has 0 spiro atoms. The van der Waals surface area contributed by atoms with E-state index in [1.54, 1.807) is 26.4 Å². The number of carbonyl (C=O) groups is 1. The largest absolute Gasteiger partial charge is 0.493 e. The Morgan fingerprint density at radius 3 is 2.30 bits per heavy atom. The molecule has 3 aromatic carbocycles. The number of piperazine rings is 1. The fraction of sp³-hybridized carbons (Fsp3) is 0.269. The number of amides is 1. The minimum atomic E-state index is -0.295. The lowest BCUT2D eigenvalue weighted by atomic mass is 10.1. The van der Waals surface area contributed by atoms with E-state index >= 15 is 0 Å². The lowest BCUT2D eigenvalue weighted by Gasteiger charge is -2.35. The number of para-hydroxylation sites is 1. The van der Waals surface area contributed by atoms with E-state index in [0.717, 1.165) is 30.9 Å². The van der Waals surface area contributed by atoms with Crippen molar-refractivity contribution in [1.29, 1.82) is 0 Å². The molecule has 172 valence electrons. The van der Waals surface area contributed by atoms with Gasteiger partial charge in [0.05, 0.1) is 25.5 Å². The van der Waals surface area contributed by atoms with Crippen molar-refractivity contribution in [3.63, 3.8) is 0 Å². The van der Waals surface area contributed by atoms with E-state index in [2.05, 4.69) is 10.2 Å². The number of benzene rings is 3. The van der Waals surface area contributed by atoms with Gasteiger partial charge >= 0.3 is 0 Å². The molecule has 1 heterocycles. The summed E-state index contributed by atoms with van der Waals surface area (Å²) in [5.74, 6) is 1.13. The highest BCUT2D eigenvalue weighted by molar-refractivity contribution is 6.00. The Morgan fingerprint density at radius 1 is 0.909 bits per heavy atom. The van der Waals surface area contributed by atoms with Crippen molar-refractivity contribution in [3.8, 4) is 11.5 Å².